The standard InChI is InChI=1S/C35H34F2N6O14P2S/c1-50-21-8-4-19(5-9-21)35(46)53-22-6-2-18(3-7-22)15-60-59(49)52-14-24-26(36)29(33(54-24)42-11-10-20(44)12-25(42)45)56-58(47,48)51-13-23-27(37)30(57-59)34(55-23)43-17-41-28-31(38)39-16-40-32(28)43/h2-11,16-17,23-24,26-27,29-30,33-34H,12-15H2,1H3,(H,47,48)(H2,38,39,40)/t23-,24-,26-,27-,29-,30-,33-,34-,59-/m1/s1. The molecule has 2 aromatic carbocycles. The van der Waals surface area contributed by atoms with Gasteiger partial charge in [0.25, 0.3) is 0 Å². The number of allylic oxidation sites excluding steroid dienone is 1. The summed E-state index contributed by atoms with van der Waals surface area (Å²) in [6.07, 6.45) is -11.3. The normalized spacial score (nSPS) is 32.2. The first-order chi connectivity index (χ1) is 28.7. The smallest absolute Gasteiger partial charge is 0.472 e. The molecule has 20 nitrogen and oxygen atoms in total. The number of hydrogen-bond acceptors (Lipinski definition) is 18. The number of alkyl halides is 2. The zero-order chi connectivity index (χ0) is 42.3. The van der Waals surface area contributed by atoms with Crippen molar-refractivity contribution in [1.82, 2.24) is 24.4 Å². The summed E-state index contributed by atoms with van der Waals surface area (Å²) in [5.41, 5.74) is 6.93. The zero-order valence-electron chi connectivity index (χ0n) is 31.0. The van der Waals surface area contributed by atoms with E-state index in [-0.39, 0.29) is 34.0 Å². The molecule has 4 aromatic rings. The number of phosphoric ester groups is 1. The lowest BCUT2D eigenvalue weighted by molar-refractivity contribution is -0.148. The first kappa shape index (κ1) is 42.0. The Morgan fingerprint density at radius 2 is 1.60 bits per heavy atom. The minimum atomic E-state index is -5.28. The van der Waals surface area contributed by atoms with E-state index in [0.29, 0.717) is 22.7 Å². The van der Waals surface area contributed by atoms with Crippen molar-refractivity contribution in [2.24, 2.45) is 0 Å². The van der Waals surface area contributed by atoms with Crippen molar-refractivity contribution in [2.75, 3.05) is 26.1 Å². The van der Waals surface area contributed by atoms with Crippen molar-refractivity contribution in [1.29, 1.82) is 0 Å². The minimum absolute atomic E-state index is 0.0174. The van der Waals surface area contributed by atoms with Gasteiger partial charge in [0.1, 0.15) is 47.8 Å². The maximum absolute atomic E-state index is 16.6. The molecule has 3 saturated heterocycles. The number of ether oxygens (including phenoxy) is 4. The van der Waals surface area contributed by atoms with E-state index in [1.54, 1.807) is 24.3 Å². The van der Waals surface area contributed by atoms with E-state index in [0.717, 1.165) is 23.5 Å². The van der Waals surface area contributed by atoms with Crippen LogP contribution in [0.1, 0.15) is 28.6 Å². The molecule has 2 aromatic heterocycles. The molecular formula is C35H34F2N6O14P2S. The highest BCUT2D eigenvalue weighted by Crippen LogP contribution is 2.65. The number of nitrogens with two attached hydrogens (primary N) is 1. The van der Waals surface area contributed by atoms with Crippen LogP contribution in [0.15, 0.2) is 73.5 Å². The van der Waals surface area contributed by atoms with Crippen LogP contribution in [-0.2, 0) is 52.0 Å². The number of rotatable bonds is 8. The van der Waals surface area contributed by atoms with E-state index in [4.69, 9.17) is 42.8 Å². The summed E-state index contributed by atoms with van der Waals surface area (Å²) in [5, 5.41) is 0. The molecule has 1 unspecified atom stereocenters. The number of nitrogens with zero attached hydrogens (tertiary/aromatic N) is 5. The number of nitrogen functional groups attached to an aromatic ring is 1. The number of phosphoric acid groups is 1. The molecule has 25 heteroatoms. The van der Waals surface area contributed by atoms with Gasteiger partial charge >= 0.3 is 20.6 Å². The van der Waals surface area contributed by atoms with Crippen LogP contribution < -0.4 is 15.2 Å². The summed E-state index contributed by atoms with van der Waals surface area (Å²) in [5.74, 6) is -1.39. The van der Waals surface area contributed by atoms with Gasteiger partial charge in [-0.3, -0.25) is 37.2 Å². The van der Waals surface area contributed by atoms with Gasteiger partial charge in [0.2, 0.25) is 5.91 Å². The largest absolute Gasteiger partial charge is 0.497 e. The highest BCUT2D eigenvalue weighted by molar-refractivity contribution is 8.54. The lowest BCUT2D eigenvalue weighted by Gasteiger charge is -2.31. The van der Waals surface area contributed by atoms with E-state index in [9.17, 15) is 28.4 Å². The summed E-state index contributed by atoms with van der Waals surface area (Å²) >= 11 is 0.595. The van der Waals surface area contributed by atoms with Crippen molar-refractivity contribution >= 4 is 60.6 Å². The second kappa shape index (κ2) is 17.0. The van der Waals surface area contributed by atoms with Crippen LogP contribution in [0.4, 0.5) is 14.6 Å². The average molecular weight is 895 g/mol. The monoisotopic (exact) mass is 894 g/mol. The number of halogens is 2. The van der Waals surface area contributed by atoms with Crippen molar-refractivity contribution in [3.8, 4) is 11.5 Å². The second-order valence-electron chi connectivity index (χ2n) is 13.5. The lowest BCUT2D eigenvalue weighted by Crippen LogP contribution is -2.46. The van der Waals surface area contributed by atoms with Gasteiger partial charge in [0.15, 0.2) is 42.0 Å². The summed E-state index contributed by atoms with van der Waals surface area (Å²) in [4.78, 5) is 61.2. The predicted octanol–water partition coefficient (Wildman–Crippen LogP) is 4.21. The van der Waals surface area contributed by atoms with Crippen molar-refractivity contribution in [3.05, 3.63) is 84.6 Å². The summed E-state index contributed by atoms with van der Waals surface area (Å²) in [6, 6.07) is 12.4. The number of hydrogen-bond donors (Lipinski definition) is 2. The highest BCUT2D eigenvalue weighted by atomic mass is 32.7. The molecule has 318 valence electrons. The van der Waals surface area contributed by atoms with Crippen molar-refractivity contribution in [3.63, 3.8) is 0 Å². The number of amides is 1. The molecule has 6 heterocycles. The molecular weight excluding hydrogens is 860 g/mol. The first-order valence-electron chi connectivity index (χ1n) is 17.9. The Kier molecular flexibility index (Phi) is 11.9. The third-order valence-electron chi connectivity index (χ3n) is 9.65. The van der Waals surface area contributed by atoms with Crippen LogP contribution >= 0.6 is 26.0 Å². The number of ketones is 1. The number of imidazole rings is 1. The van der Waals surface area contributed by atoms with Gasteiger partial charge in [0.05, 0.1) is 38.6 Å². The topological polar surface area (TPSA) is 252 Å². The average Bonchev–Trinajstić information content (AvgIpc) is 3.89. The second-order valence-corrected chi connectivity index (χ2v) is 19.0. The SMILES string of the molecule is COc1ccc(C(=O)Oc2ccc(CS[P@]3(=O)OC[C@H]4O[C@@H](N5C=CC(=O)CC5=O)[C@H](OP(=O)(O)OC[C@H]5O[C@@H](n6cnc7c(N)ncnc76)[C@H](O3)[C@@H]5F)[C@@H]4F)cc2)cc1. The van der Waals surface area contributed by atoms with Crippen LogP contribution in [0.25, 0.3) is 11.2 Å². The number of carbonyl (C=O) groups excluding carboxylic acids is 3. The van der Waals surface area contributed by atoms with Crippen molar-refractivity contribution in [2.45, 2.75) is 61.4 Å². The van der Waals surface area contributed by atoms with Crippen molar-refractivity contribution < 1.29 is 74.2 Å². The Bertz CT molecular complexity index is 2410. The summed E-state index contributed by atoms with van der Waals surface area (Å²) < 4.78 is 107. The van der Waals surface area contributed by atoms with Gasteiger partial charge in [-0.1, -0.05) is 12.1 Å². The summed E-state index contributed by atoms with van der Waals surface area (Å²) in [6.45, 7) is -6.50. The molecule has 3 N–H and O–H groups in total. The number of carbonyl (C=O) groups is 3. The molecule has 0 saturated carbocycles. The third-order valence-corrected chi connectivity index (χ3v) is 14.3. The van der Waals surface area contributed by atoms with Gasteiger partial charge in [-0.2, -0.15) is 0 Å². The van der Waals surface area contributed by atoms with Gasteiger partial charge in [-0.05, 0) is 59.4 Å². The van der Waals surface area contributed by atoms with E-state index in [1.165, 1.54) is 42.3 Å². The van der Waals surface area contributed by atoms with Crippen LogP contribution in [-0.4, -0.2) is 110 Å². The predicted molar refractivity (Wildman–Crippen MR) is 202 cm³/mol. The Labute approximate surface area is 342 Å². The van der Waals surface area contributed by atoms with Gasteiger partial charge in [-0.15, -0.1) is 0 Å². The molecule has 1 amide bonds. The number of esters is 1. The van der Waals surface area contributed by atoms with E-state index in [1.807, 2.05) is 0 Å². The van der Waals surface area contributed by atoms with E-state index >= 15 is 8.78 Å². The lowest BCUT2D eigenvalue weighted by atomic mass is 10.1. The van der Waals surface area contributed by atoms with Gasteiger partial charge in [-0.25, -0.2) is 37.7 Å². The molecule has 10 atom stereocenters. The highest BCUT2D eigenvalue weighted by Gasteiger charge is 2.56. The quantitative estimate of drug-likeness (QED) is 0.109. The Morgan fingerprint density at radius 3 is 2.30 bits per heavy atom. The molecule has 0 spiro atoms. The maximum atomic E-state index is 16.6. The number of aromatic nitrogens is 4. The number of anilines is 1. The third kappa shape index (κ3) is 8.73. The molecule has 8 rings (SSSR count). The molecule has 4 aliphatic heterocycles. The number of methoxy groups -OCH3 is 1. The fraction of sp³-hybridized carbons (Fsp3) is 0.371. The van der Waals surface area contributed by atoms with Crippen LogP contribution in [0.3, 0.4) is 0 Å². The van der Waals surface area contributed by atoms with Gasteiger partial charge < -0.3 is 29.6 Å². The van der Waals surface area contributed by atoms with E-state index < -0.39 is 101 Å². The molecule has 0 radical (unpaired) electrons. The Balaban J connectivity index is 1.08. The molecule has 0 aliphatic carbocycles. The van der Waals surface area contributed by atoms with Crippen LogP contribution in [0, 0.1) is 0 Å². The first-order valence-corrected chi connectivity index (χ1v) is 22.6. The maximum Gasteiger partial charge on any atom is 0.472 e. The fourth-order valence-corrected chi connectivity index (χ4v) is 10.9. The zero-order valence-corrected chi connectivity index (χ0v) is 33.6. The molecule has 60 heavy (non-hydrogen) atoms. The number of benzene rings is 2. The molecule has 3 fully saturated rings. The minimum Gasteiger partial charge on any atom is -0.497 e. The van der Waals surface area contributed by atoms with Crippen LogP contribution in [0.2, 0.25) is 0 Å². The van der Waals surface area contributed by atoms with Gasteiger partial charge in [0, 0.05) is 12.0 Å². The summed E-state index contributed by atoms with van der Waals surface area (Å²) in [7, 11) is -3.78. The fourth-order valence-electron chi connectivity index (χ4n) is 6.62. The Morgan fingerprint density at radius 1 is 0.933 bits per heavy atom. The Hall–Kier alpha value is -4.67. The number of fused-ring (bicyclic) bond motifs is 5. The van der Waals surface area contributed by atoms with Crippen LogP contribution in [0.5, 0.6) is 11.5 Å². The molecule has 4 aliphatic rings. The molecule has 4 bridgehead atoms. The van der Waals surface area contributed by atoms with E-state index in [2.05, 4.69) is 15.0 Å².